The fourth-order valence-electron chi connectivity index (χ4n) is 2.26. The summed E-state index contributed by atoms with van der Waals surface area (Å²) in [7, 11) is 0. The SMILES string of the molecule is CC(C)(C(=O)NO)N(c1ccc(-c2ccc(Br)cc2)cc1)S(=O)[O-]. The summed E-state index contributed by atoms with van der Waals surface area (Å²) in [6.07, 6.45) is 0. The minimum Gasteiger partial charge on any atom is -0.755 e. The molecule has 2 rings (SSSR count). The van der Waals surface area contributed by atoms with E-state index in [-0.39, 0.29) is 0 Å². The predicted molar refractivity (Wildman–Crippen MR) is 95.0 cm³/mol. The number of benzene rings is 2. The molecule has 0 bridgehead atoms. The molecule has 0 saturated heterocycles. The molecule has 0 heterocycles. The van der Waals surface area contributed by atoms with Crippen LogP contribution in [-0.2, 0) is 16.1 Å². The van der Waals surface area contributed by atoms with E-state index in [1.54, 1.807) is 24.3 Å². The molecule has 1 atom stereocenters. The van der Waals surface area contributed by atoms with Gasteiger partial charge in [0.05, 0.1) is 0 Å². The van der Waals surface area contributed by atoms with Crippen LogP contribution in [0.3, 0.4) is 0 Å². The Bertz CT molecular complexity index is 748. The molecule has 1 unspecified atom stereocenters. The van der Waals surface area contributed by atoms with Crippen LogP contribution in [0, 0.1) is 0 Å². The van der Waals surface area contributed by atoms with E-state index in [9.17, 15) is 13.6 Å². The molecule has 0 spiro atoms. The second-order valence-corrected chi connectivity index (χ2v) is 7.28. The standard InChI is InChI=1S/C16H17BrN2O4S/c1-16(2,15(20)18-21)19(24(22)23)14-9-5-12(6-10-14)11-3-7-13(17)8-4-11/h3-10,21H,1-2H3,(H,18,20)(H,22,23)/p-1. The van der Waals surface area contributed by atoms with Crippen molar-refractivity contribution in [2.75, 3.05) is 4.31 Å². The largest absolute Gasteiger partial charge is 0.755 e. The zero-order chi connectivity index (χ0) is 17.9. The molecular weight excluding hydrogens is 396 g/mol. The van der Waals surface area contributed by atoms with E-state index >= 15 is 0 Å². The molecular formula is C16H16BrN2O4S-. The molecule has 0 saturated carbocycles. The molecule has 6 nitrogen and oxygen atoms in total. The molecule has 0 aromatic heterocycles. The predicted octanol–water partition coefficient (Wildman–Crippen LogP) is 3.00. The van der Waals surface area contributed by atoms with Crippen molar-refractivity contribution in [3.8, 4) is 11.1 Å². The van der Waals surface area contributed by atoms with Crippen LogP contribution in [0.1, 0.15) is 13.8 Å². The van der Waals surface area contributed by atoms with E-state index in [0.29, 0.717) is 5.69 Å². The van der Waals surface area contributed by atoms with E-state index < -0.39 is 22.7 Å². The lowest BCUT2D eigenvalue weighted by Gasteiger charge is -2.39. The Balaban J connectivity index is 2.38. The molecule has 2 aromatic rings. The lowest BCUT2D eigenvalue weighted by molar-refractivity contribution is -0.133. The highest BCUT2D eigenvalue weighted by molar-refractivity contribution is 9.10. The van der Waals surface area contributed by atoms with Crippen LogP contribution in [0.5, 0.6) is 0 Å². The van der Waals surface area contributed by atoms with E-state index in [1.165, 1.54) is 19.3 Å². The van der Waals surface area contributed by atoms with Gasteiger partial charge in [-0.2, -0.15) is 0 Å². The van der Waals surface area contributed by atoms with Crippen molar-refractivity contribution < 1.29 is 18.8 Å². The molecule has 8 heteroatoms. The first-order valence-electron chi connectivity index (χ1n) is 6.97. The molecule has 1 amide bonds. The normalized spacial score (nSPS) is 12.5. The molecule has 2 N–H and O–H groups in total. The first-order chi connectivity index (χ1) is 11.3. The summed E-state index contributed by atoms with van der Waals surface area (Å²) in [4.78, 5) is 11.8. The van der Waals surface area contributed by atoms with Crippen LogP contribution in [0.2, 0.25) is 0 Å². The van der Waals surface area contributed by atoms with Crippen molar-refractivity contribution >= 4 is 38.8 Å². The monoisotopic (exact) mass is 411 g/mol. The Hall–Kier alpha value is -1.74. The van der Waals surface area contributed by atoms with Gasteiger partial charge in [-0.05, 0) is 49.2 Å². The summed E-state index contributed by atoms with van der Waals surface area (Å²) in [6.45, 7) is 2.80. The van der Waals surface area contributed by atoms with Crippen molar-refractivity contribution in [2.24, 2.45) is 0 Å². The Morgan fingerprint density at radius 3 is 2.00 bits per heavy atom. The number of carbonyl (C=O) groups excluding carboxylic acids is 1. The van der Waals surface area contributed by atoms with E-state index in [4.69, 9.17) is 5.21 Å². The van der Waals surface area contributed by atoms with E-state index in [1.807, 2.05) is 24.3 Å². The summed E-state index contributed by atoms with van der Waals surface area (Å²) >= 11 is 0.678. The summed E-state index contributed by atoms with van der Waals surface area (Å²) in [6, 6.07) is 14.5. The number of hydrogen-bond acceptors (Lipinski definition) is 4. The molecule has 0 aliphatic rings. The third kappa shape index (κ3) is 3.84. The maximum atomic E-state index is 11.8. The third-order valence-electron chi connectivity index (χ3n) is 3.59. The Kier molecular flexibility index (Phi) is 5.76. The van der Waals surface area contributed by atoms with Gasteiger partial charge in [0.2, 0.25) is 0 Å². The van der Waals surface area contributed by atoms with Crippen molar-refractivity contribution in [3.63, 3.8) is 0 Å². The number of halogens is 1. The van der Waals surface area contributed by atoms with Crippen LogP contribution < -0.4 is 9.79 Å². The van der Waals surface area contributed by atoms with Gasteiger partial charge in [-0.25, -0.2) is 5.48 Å². The lowest BCUT2D eigenvalue weighted by atomic mass is 10.0. The number of hydroxylamine groups is 1. The van der Waals surface area contributed by atoms with Gasteiger partial charge in [0.25, 0.3) is 5.91 Å². The van der Waals surface area contributed by atoms with Gasteiger partial charge < -0.3 is 4.55 Å². The van der Waals surface area contributed by atoms with Crippen molar-refractivity contribution in [1.82, 2.24) is 5.48 Å². The maximum Gasteiger partial charge on any atom is 0.269 e. The highest BCUT2D eigenvalue weighted by Gasteiger charge is 2.36. The van der Waals surface area contributed by atoms with Gasteiger partial charge in [0.1, 0.15) is 5.54 Å². The van der Waals surface area contributed by atoms with Gasteiger partial charge in [-0.3, -0.25) is 18.5 Å². The first-order valence-corrected chi connectivity index (χ1v) is 8.80. The fraction of sp³-hybridized carbons (Fsp3) is 0.188. The average molecular weight is 412 g/mol. The molecule has 0 aliphatic carbocycles. The topological polar surface area (TPSA) is 92.7 Å². The van der Waals surface area contributed by atoms with Crippen LogP contribution in [-0.4, -0.2) is 25.4 Å². The highest BCUT2D eigenvalue weighted by Crippen LogP contribution is 2.29. The number of hydrogen-bond donors (Lipinski definition) is 2. The Labute approximate surface area is 151 Å². The summed E-state index contributed by atoms with van der Waals surface area (Å²) in [5.41, 5.74) is 2.21. The number of rotatable bonds is 5. The molecule has 0 radical (unpaired) electrons. The number of carbonyl (C=O) groups is 1. The average Bonchev–Trinajstić information content (AvgIpc) is 2.55. The minimum atomic E-state index is -2.69. The van der Waals surface area contributed by atoms with Gasteiger partial charge in [0, 0.05) is 21.4 Å². The zero-order valence-corrected chi connectivity index (χ0v) is 15.4. The molecule has 0 aliphatic heterocycles. The second kappa shape index (κ2) is 7.43. The fourth-order valence-corrected chi connectivity index (χ4v) is 3.27. The quantitative estimate of drug-likeness (QED) is 0.449. The molecule has 0 fully saturated rings. The molecule has 24 heavy (non-hydrogen) atoms. The highest BCUT2D eigenvalue weighted by atomic mass is 79.9. The summed E-state index contributed by atoms with van der Waals surface area (Å²) < 4.78 is 25.1. The van der Waals surface area contributed by atoms with E-state index in [0.717, 1.165) is 19.9 Å². The van der Waals surface area contributed by atoms with Gasteiger partial charge in [0.15, 0.2) is 0 Å². The Morgan fingerprint density at radius 2 is 1.58 bits per heavy atom. The van der Waals surface area contributed by atoms with Crippen LogP contribution in [0.4, 0.5) is 5.69 Å². The third-order valence-corrected chi connectivity index (χ3v) is 5.09. The molecule has 2 aromatic carbocycles. The second-order valence-electron chi connectivity index (χ2n) is 5.57. The van der Waals surface area contributed by atoms with E-state index in [2.05, 4.69) is 15.9 Å². The van der Waals surface area contributed by atoms with Gasteiger partial charge >= 0.3 is 0 Å². The maximum absolute atomic E-state index is 11.8. The van der Waals surface area contributed by atoms with Crippen molar-refractivity contribution in [2.45, 2.75) is 19.4 Å². The summed E-state index contributed by atoms with van der Waals surface area (Å²) in [5.74, 6) is -0.830. The lowest BCUT2D eigenvalue weighted by Crippen LogP contribution is -2.55. The Morgan fingerprint density at radius 1 is 1.12 bits per heavy atom. The van der Waals surface area contributed by atoms with Crippen LogP contribution >= 0.6 is 15.9 Å². The van der Waals surface area contributed by atoms with Crippen LogP contribution in [0.25, 0.3) is 11.1 Å². The van der Waals surface area contributed by atoms with Crippen LogP contribution in [0.15, 0.2) is 53.0 Å². The number of amides is 1. The number of nitrogens with zero attached hydrogens (tertiary/aromatic N) is 1. The number of nitrogens with one attached hydrogen (secondary N) is 1. The van der Waals surface area contributed by atoms with Crippen molar-refractivity contribution in [1.29, 1.82) is 0 Å². The number of anilines is 1. The molecule has 128 valence electrons. The van der Waals surface area contributed by atoms with Crippen molar-refractivity contribution in [3.05, 3.63) is 53.0 Å². The zero-order valence-electron chi connectivity index (χ0n) is 13.0. The summed E-state index contributed by atoms with van der Waals surface area (Å²) in [5, 5.41) is 8.83. The smallest absolute Gasteiger partial charge is 0.269 e. The first kappa shape index (κ1) is 18.6. The van der Waals surface area contributed by atoms with Gasteiger partial charge in [-0.1, -0.05) is 40.2 Å². The van der Waals surface area contributed by atoms with Gasteiger partial charge in [-0.15, -0.1) is 0 Å². The minimum absolute atomic E-state index is 0.317.